The van der Waals surface area contributed by atoms with E-state index in [4.69, 9.17) is 15.0 Å². The molecule has 0 radical (unpaired) electrons. The Bertz CT molecular complexity index is 4430. The molecule has 0 saturated heterocycles. The van der Waals surface area contributed by atoms with Gasteiger partial charge in [-0.1, -0.05) is 140 Å². The molecule has 8 nitrogen and oxygen atoms in total. The maximum absolute atomic E-state index is 10.6. The van der Waals surface area contributed by atoms with Crippen molar-refractivity contribution in [3.05, 3.63) is 247 Å². The van der Waals surface area contributed by atoms with Crippen LogP contribution in [0.25, 0.3) is 123 Å². The Labute approximate surface area is 425 Å². The van der Waals surface area contributed by atoms with Crippen LogP contribution in [0.15, 0.2) is 231 Å². The number of hydrogen-bond donors (Lipinski definition) is 0. The number of aromatic nitrogens is 5. The highest BCUT2D eigenvalue weighted by molar-refractivity contribution is 6.13. The van der Waals surface area contributed by atoms with Crippen molar-refractivity contribution >= 4 is 43.6 Å². The maximum atomic E-state index is 10.6. The second-order valence-corrected chi connectivity index (χ2v) is 18.2. The van der Waals surface area contributed by atoms with Crippen molar-refractivity contribution < 1.29 is 0 Å². The molecule has 0 aliphatic carbocycles. The van der Waals surface area contributed by atoms with E-state index >= 15 is 0 Å². The summed E-state index contributed by atoms with van der Waals surface area (Å²) in [4.78, 5) is 15.4. The topological polar surface area (TPSA) is 120 Å². The van der Waals surface area contributed by atoms with Crippen molar-refractivity contribution in [3.63, 3.8) is 0 Å². The van der Waals surface area contributed by atoms with E-state index in [9.17, 15) is 15.8 Å². The highest BCUT2D eigenvalue weighted by Gasteiger charge is 2.23. The van der Waals surface area contributed by atoms with Crippen LogP contribution < -0.4 is 0 Å². The Balaban J connectivity index is 1.09. The van der Waals surface area contributed by atoms with E-state index in [1.807, 2.05) is 121 Å². The van der Waals surface area contributed by atoms with E-state index < -0.39 is 0 Å². The predicted molar refractivity (Wildman–Crippen MR) is 295 cm³/mol. The summed E-state index contributed by atoms with van der Waals surface area (Å²) >= 11 is 0. The molecule has 342 valence electrons. The number of hydrogen-bond acceptors (Lipinski definition) is 6. The van der Waals surface area contributed by atoms with Gasteiger partial charge in [-0.15, -0.1) is 0 Å². The molecule has 0 atom stereocenters. The van der Waals surface area contributed by atoms with Crippen LogP contribution in [0.4, 0.5) is 0 Å². The summed E-state index contributed by atoms with van der Waals surface area (Å²) in [5, 5.41) is 34.0. The lowest BCUT2D eigenvalue weighted by Gasteiger charge is -2.20. The zero-order valence-corrected chi connectivity index (χ0v) is 39.5. The van der Waals surface area contributed by atoms with Crippen LogP contribution in [-0.4, -0.2) is 24.1 Å². The Hall–Kier alpha value is -10.7. The Morgan fingerprint density at radius 2 is 0.676 bits per heavy atom. The summed E-state index contributed by atoms with van der Waals surface area (Å²) in [6.07, 6.45) is 0. The van der Waals surface area contributed by atoms with Gasteiger partial charge in [0, 0.05) is 49.4 Å². The molecule has 10 aromatic carbocycles. The summed E-state index contributed by atoms with van der Waals surface area (Å²) in [6, 6.07) is 84.6. The summed E-state index contributed by atoms with van der Waals surface area (Å²) in [7, 11) is 0. The molecule has 74 heavy (non-hydrogen) atoms. The number of nitrogens with zero attached hydrogens (tertiary/aromatic N) is 8. The lowest BCUT2D eigenvalue weighted by atomic mass is 9.96. The molecule has 0 saturated carbocycles. The van der Waals surface area contributed by atoms with Crippen LogP contribution in [0.3, 0.4) is 0 Å². The largest absolute Gasteiger partial charge is 0.309 e. The van der Waals surface area contributed by atoms with Gasteiger partial charge in [-0.2, -0.15) is 15.8 Å². The average molecular weight is 943 g/mol. The normalized spacial score (nSPS) is 11.2. The molecule has 13 rings (SSSR count). The first-order chi connectivity index (χ1) is 36.5. The van der Waals surface area contributed by atoms with Gasteiger partial charge < -0.3 is 9.13 Å². The van der Waals surface area contributed by atoms with Crippen molar-refractivity contribution in [2.45, 2.75) is 0 Å². The highest BCUT2D eigenvalue weighted by Crippen LogP contribution is 2.44. The third kappa shape index (κ3) is 7.42. The fourth-order valence-electron chi connectivity index (χ4n) is 10.3. The molecule has 13 aromatic rings. The first kappa shape index (κ1) is 43.3. The number of rotatable bonds is 8. The minimum atomic E-state index is 0.516. The van der Waals surface area contributed by atoms with Gasteiger partial charge in [0.1, 0.15) is 0 Å². The van der Waals surface area contributed by atoms with Gasteiger partial charge in [0.2, 0.25) is 0 Å². The average Bonchev–Trinajstić information content (AvgIpc) is 4.01. The predicted octanol–water partition coefficient (Wildman–Crippen LogP) is 15.7. The molecule has 0 fully saturated rings. The minimum Gasteiger partial charge on any atom is -0.309 e. The Kier molecular flexibility index (Phi) is 10.5. The van der Waals surface area contributed by atoms with E-state index in [0.29, 0.717) is 34.2 Å². The lowest BCUT2D eigenvalue weighted by molar-refractivity contribution is 1.07. The van der Waals surface area contributed by atoms with Crippen LogP contribution in [0.1, 0.15) is 16.7 Å². The molecule has 0 unspecified atom stereocenters. The standard InChI is InChI=1S/C66H38N8/c67-39-42-19-24-45(25-20-42)49-28-32-60-55(36-49)52-15-7-9-17-58(52)73(60)61-34-30-51(66-71-64(47-11-3-1-4-12-47)70-65(72-66)48-13-5-2-6-14-48)38-57(61)54-31-23-44(41-69)35-63(54)74-59-18-10-8-16-53(59)56-37-50(29-33-62(56)74)46-26-21-43(40-68)22-27-46/h1-38H. The van der Waals surface area contributed by atoms with Crippen molar-refractivity contribution in [2.75, 3.05) is 0 Å². The molecule has 8 heteroatoms. The van der Waals surface area contributed by atoms with E-state index in [2.05, 4.69) is 137 Å². The van der Waals surface area contributed by atoms with Crippen LogP contribution >= 0.6 is 0 Å². The first-order valence-corrected chi connectivity index (χ1v) is 24.2. The smallest absolute Gasteiger partial charge is 0.164 e. The second-order valence-electron chi connectivity index (χ2n) is 18.2. The van der Waals surface area contributed by atoms with E-state index in [1.165, 1.54) is 0 Å². The van der Waals surface area contributed by atoms with Crippen molar-refractivity contribution in [1.29, 1.82) is 15.8 Å². The van der Waals surface area contributed by atoms with Crippen LogP contribution in [0, 0.1) is 34.0 Å². The second kappa shape index (κ2) is 17.9. The van der Waals surface area contributed by atoms with Crippen LogP contribution in [0.5, 0.6) is 0 Å². The van der Waals surface area contributed by atoms with Gasteiger partial charge in [-0.3, -0.25) is 0 Å². The number of benzene rings is 10. The molecule has 3 heterocycles. The molecular weight excluding hydrogens is 905 g/mol. The van der Waals surface area contributed by atoms with E-state index in [-0.39, 0.29) is 0 Å². The molecule has 0 aliphatic rings. The molecular formula is C66H38N8. The van der Waals surface area contributed by atoms with Gasteiger partial charge in [-0.05, 0) is 113 Å². The zero-order valence-electron chi connectivity index (χ0n) is 39.5. The van der Waals surface area contributed by atoms with Crippen molar-refractivity contribution in [1.82, 2.24) is 24.1 Å². The van der Waals surface area contributed by atoms with E-state index in [1.54, 1.807) is 0 Å². The van der Waals surface area contributed by atoms with Gasteiger partial charge in [0.15, 0.2) is 17.5 Å². The third-order valence-electron chi connectivity index (χ3n) is 13.9. The van der Waals surface area contributed by atoms with Gasteiger partial charge in [0.05, 0.1) is 68.3 Å². The highest BCUT2D eigenvalue weighted by atomic mass is 15.0. The SMILES string of the molecule is N#Cc1ccc(-c2ccc3c(c2)c2ccccc2n3-c2ccc(-c3nc(-c4ccccc4)nc(-c4ccccc4)n3)cc2-c2ccc(C#N)cc2-n2c3ccccc3c3cc(-c4ccc(C#N)cc4)ccc32)cc1. The number of nitriles is 3. The molecule has 3 aromatic heterocycles. The summed E-state index contributed by atoms with van der Waals surface area (Å²) in [5.74, 6) is 1.64. The molecule has 0 N–H and O–H groups in total. The quantitative estimate of drug-likeness (QED) is 0.150. The van der Waals surface area contributed by atoms with Gasteiger partial charge in [0.25, 0.3) is 0 Å². The van der Waals surface area contributed by atoms with Crippen LogP contribution in [-0.2, 0) is 0 Å². The fraction of sp³-hybridized carbons (Fsp3) is 0. The van der Waals surface area contributed by atoms with E-state index in [0.717, 1.165) is 105 Å². The number of fused-ring (bicyclic) bond motifs is 6. The monoisotopic (exact) mass is 942 g/mol. The number of para-hydroxylation sites is 2. The van der Waals surface area contributed by atoms with Crippen molar-refractivity contribution in [3.8, 4) is 97.1 Å². The molecule has 0 spiro atoms. The fourth-order valence-corrected chi connectivity index (χ4v) is 10.3. The van der Waals surface area contributed by atoms with Crippen LogP contribution in [0.2, 0.25) is 0 Å². The zero-order chi connectivity index (χ0) is 49.7. The molecule has 0 aliphatic heterocycles. The molecule has 0 amide bonds. The van der Waals surface area contributed by atoms with Gasteiger partial charge in [-0.25, -0.2) is 15.0 Å². The Morgan fingerprint density at radius 1 is 0.270 bits per heavy atom. The first-order valence-electron chi connectivity index (χ1n) is 24.2. The molecule has 0 bridgehead atoms. The van der Waals surface area contributed by atoms with Crippen molar-refractivity contribution in [2.24, 2.45) is 0 Å². The minimum absolute atomic E-state index is 0.516. The third-order valence-corrected chi connectivity index (χ3v) is 13.9. The van der Waals surface area contributed by atoms with Gasteiger partial charge >= 0.3 is 0 Å². The Morgan fingerprint density at radius 3 is 1.18 bits per heavy atom. The lowest BCUT2D eigenvalue weighted by Crippen LogP contribution is -2.04. The summed E-state index contributed by atoms with van der Waals surface area (Å²) in [6.45, 7) is 0. The summed E-state index contributed by atoms with van der Waals surface area (Å²) < 4.78 is 4.61. The maximum Gasteiger partial charge on any atom is 0.164 e. The summed E-state index contributed by atoms with van der Waals surface area (Å²) in [5.41, 5.74) is 15.9.